The number of rotatable bonds is 9. The van der Waals surface area contributed by atoms with Crippen LogP contribution in [0.3, 0.4) is 0 Å². The summed E-state index contributed by atoms with van der Waals surface area (Å²) < 4.78 is 26.0. The first-order valence-electron chi connectivity index (χ1n) is 11.1. The number of hydrogen-bond acceptors (Lipinski definition) is 5. The summed E-state index contributed by atoms with van der Waals surface area (Å²) in [5.74, 6) is -0.901. The molecule has 0 amide bonds. The van der Waals surface area contributed by atoms with Crippen LogP contribution in [0.25, 0.3) is 10.9 Å². The predicted octanol–water partition coefficient (Wildman–Crippen LogP) is 5.40. The molecule has 0 unspecified atom stereocenters. The second kappa shape index (κ2) is 9.80. The van der Waals surface area contributed by atoms with Crippen molar-refractivity contribution in [1.29, 1.82) is 0 Å². The third kappa shape index (κ3) is 5.22. The highest BCUT2D eigenvalue weighted by atomic mass is 19.1. The predicted molar refractivity (Wildman–Crippen MR) is 127 cm³/mol. The third-order valence-corrected chi connectivity index (χ3v) is 5.84. The Labute approximate surface area is 200 Å². The maximum atomic E-state index is 13.2. The summed E-state index contributed by atoms with van der Waals surface area (Å²) in [7, 11) is 0. The number of carboxylic acid groups (broad SMARTS) is 1. The monoisotopic (exact) mass is 471 g/mol. The lowest BCUT2D eigenvalue weighted by atomic mass is 9.92. The molecule has 0 aliphatic rings. The number of aromatic nitrogens is 3. The highest BCUT2D eigenvalue weighted by Gasteiger charge is 2.20. The van der Waals surface area contributed by atoms with Crippen LogP contribution in [0.4, 0.5) is 4.39 Å². The minimum Gasteiger partial charge on any atom is -0.489 e. The molecule has 0 radical (unpaired) electrons. The number of carboxylic acids is 1. The largest absolute Gasteiger partial charge is 0.489 e. The molecule has 0 saturated carbocycles. The van der Waals surface area contributed by atoms with Gasteiger partial charge in [0.2, 0.25) is 0 Å². The van der Waals surface area contributed by atoms with Gasteiger partial charge in [-0.25, -0.2) is 4.39 Å². The van der Waals surface area contributed by atoms with Crippen LogP contribution in [0.15, 0.2) is 89.8 Å². The summed E-state index contributed by atoms with van der Waals surface area (Å²) in [4.78, 5) is 11.3. The molecular formula is C27H22FN3O4. The Hall–Kier alpha value is -4.46. The van der Waals surface area contributed by atoms with E-state index in [1.165, 1.54) is 18.4 Å². The Kier molecular flexibility index (Phi) is 6.26. The van der Waals surface area contributed by atoms with E-state index in [4.69, 9.17) is 9.26 Å². The van der Waals surface area contributed by atoms with E-state index < -0.39 is 11.9 Å². The summed E-state index contributed by atoms with van der Waals surface area (Å²) >= 11 is 0. The van der Waals surface area contributed by atoms with E-state index in [2.05, 4.69) is 10.3 Å². The molecule has 35 heavy (non-hydrogen) atoms. The molecule has 0 aliphatic heterocycles. The second-order valence-electron chi connectivity index (χ2n) is 8.25. The minimum atomic E-state index is -0.910. The molecule has 0 spiro atoms. The maximum absolute atomic E-state index is 13.2. The summed E-state index contributed by atoms with van der Waals surface area (Å²) in [5.41, 5.74) is 4.31. The molecule has 2 heterocycles. The zero-order valence-electron chi connectivity index (χ0n) is 18.7. The van der Waals surface area contributed by atoms with Crippen LogP contribution < -0.4 is 4.74 Å². The molecule has 8 heteroatoms. The quantitative estimate of drug-likeness (QED) is 0.310. The second-order valence-corrected chi connectivity index (χ2v) is 8.25. The fourth-order valence-corrected chi connectivity index (χ4v) is 4.03. The van der Waals surface area contributed by atoms with Gasteiger partial charge in [-0.05, 0) is 47.0 Å². The number of carbonyl (C=O) groups is 1. The lowest BCUT2D eigenvalue weighted by Gasteiger charge is -2.13. The van der Waals surface area contributed by atoms with Crippen LogP contribution >= 0.6 is 0 Å². The van der Waals surface area contributed by atoms with Gasteiger partial charge in [0.25, 0.3) is 0 Å². The van der Waals surface area contributed by atoms with Crippen molar-refractivity contribution in [1.82, 2.24) is 14.9 Å². The summed E-state index contributed by atoms with van der Waals surface area (Å²) in [5, 5.41) is 18.7. The van der Waals surface area contributed by atoms with E-state index in [1.807, 2.05) is 53.3 Å². The van der Waals surface area contributed by atoms with Crippen molar-refractivity contribution in [3.05, 3.63) is 113 Å². The maximum Gasteiger partial charge on any atom is 0.304 e. The fraction of sp³-hybridized carbons (Fsp3) is 0.148. The zero-order chi connectivity index (χ0) is 24.2. The smallest absolute Gasteiger partial charge is 0.304 e. The molecule has 0 fully saturated rings. The normalized spacial score (nSPS) is 12.0. The Morgan fingerprint density at radius 2 is 1.80 bits per heavy atom. The minimum absolute atomic E-state index is 0.0850. The molecule has 2 aromatic heterocycles. The molecule has 0 aliphatic carbocycles. The van der Waals surface area contributed by atoms with Crippen molar-refractivity contribution in [2.75, 3.05) is 0 Å². The number of aliphatic carboxylic acids is 1. The van der Waals surface area contributed by atoms with E-state index in [0.717, 1.165) is 27.6 Å². The highest BCUT2D eigenvalue weighted by molar-refractivity contribution is 5.79. The Morgan fingerprint density at radius 1 is 1.03 bits per heavy atom. The van der Waals surface area contributed by atoms with Gasteiger partial charge in [0, 0.05) is 17.4 Å². The molecule has 176 valence electrons. The topological polar surface area (TPSA) is 90.4 Å². The molecule has 3 aromatic carbocycles. The number of fused-ring (bicyclic) bond motifs is 1. The molecule has 5 aromatic rings. The average Bonchev–Trinajstić information content (AvgIpc) is 3.53. The molecular weight excluding hydrogens is 449 g/mol. The van der Waals surface area contributed by atoms with Gasteiger partial charge in [-0.2, -0.15) is 5.10 Å². The first-order chi connectivity index (χ1) is 17.0. The third-order valence-electron chi connectivity index (χ3n) is 5.84. The summed E-state index contributed by atoms with van der Waals surface area (Å²) in [6.07, 6.45) is 3.16. The van der Waals surface area contributed by atoms with Crippen molar-refractivity contribution in [3.8, 4) is 5.75 Å². The SMILES string of the molecule is O=C(O)C[C@@H](c1ccc(OCc2ccc3cnn(Cc4ccc(F)cc4)c3c2)cc1)c1ccon1. The van der Waals surface area contributed by atoms with Gasteiger partial charge in [-0.15, -0.1) is 0 Å². The summed E-state index contributed by atoms with van der Waals surface area (Å²) in [6, 6.07) is 21.4. The van der Waals surface area contributed by atoms with Crippen LogP contribution in [0.1, 0.15) is 34.7 Å². The first kappa shape index (κ1) is 22.3. The lowest BCUT2D eigenvalue weighted by Crippen LogP contribution is -2.08. The van der Waals surface area contributed by atoms with E-state index in [-0.39, 0.29) is 12.2 Å². The van der Waals surface area contributed by atoms with Crippen molar-refractivity contribution < 1.29 is 23.6 Å². The standard InChI is InChI=1S/C27H22FN3O4/c28-22-7-2-18(3-8-22)16-31-26-13-19(1-4-21(26)15-29-31)17-34-23-9-5-20(6-10-23)24(14-27(32)33)25-11-12-35-30-25/h1-13,15,24H,14,16-17H2,(H,32,33)/t24-/m0/s1. The van der Waals surface area contributed by atoms with Crippen LogP contribution in [-0.2, 0) is 17.9 Å². The molecule has 0 saturated heterocycles. The first-order valence-corrected chi connectivity index (χ1v) is 11.1. The van der Waals surface area contributed by atoms with Crippen LogP contribution in [-0.4, -0.2) is 26.0 Å². The highest BCUT2D eigenvalue weighted by Crippen LogP contribution is 2.29. The number of benzene rings is 3. The van der Waals surface area contributed by atoms with Crippen LogP contribution in [0.2, 0.25) is 0 Å². The van der Waals surface area contributed by atoms with Crippen LogP contribution in [0.5, 0.6) is 5.75 Å². The number of halogens is 1. The van der Waals surface area contributed by atoms with Gasteiger partial charge in [-0.3, -0.25) is 9.48 Å². The molecule has 7 nitrogen and oxygen atoms in total. The van der Waals surface area contributed by atoms with Gasteiger partial charge >= 0.3 is 5.97 Å². The molecule has 1 atom stereocenters. The number of ether oxygens (including phenoxy) is 1. The van der Waals surface area contributed by atoms with Gasteiger partial charge in [-0.1, -0.05) is 41.6 Å². The number of hydrogen-bond donors (Lipinski definition) is 1. The molecule has 0 bridgehead atoms. The van der Waals surface area contributed by atoms with Gasteiger partial charge in [0.1, 0.15) is 24.4 Å². The lowest BCUT2D eigenvalue weighted by molar-refractivity contribution is -0.137. The van der Waals surface area contributed by atoms with E-state index in [1.54, 1.807) is 18.2 Å². The number of nitrogens with zero attached hydrogens (tertiary/aromatic N) is 3. The van der Waals surface area contributed by atoms with Gasteiger partial charge in [0.15, 0.2) is 0 Å². The van der Waals surface area contributed by atoms with Crippen molar-refractivity contribution in [3.63, 3.8) is 0 Å². The molecule has 1 N–H and O–H groups in total. The van der Waals surface area contributed by atoms with Crippen LogP contribution in [0, 0.1) is 5.82 Å². The Bertz CT molecular complexity index is 1430. The van der Waals surface area contributed by atoms with E-state index >= 15 is 0 Å². The van der Waals surface area contributed by atoms with Gasteiger partial charge in [0.05, 0.1) is 30.4 Å². The Morgan fingerprint density at radius 3 is 2.51 bits per heavy atom. The van der Waals surface area contributed by atoms with Crippen molar-refractivity contribution in [2.45, 2.75) is 25.5 Å². The van der Waals surface area contributed by atoms with E-state index in [9.17, 15) is 14.3 Å². The van der Waals surface area contributed by atoms with Gasteiger partial charge < -0.3 is 14.4 Å². The van der Waals surface area contributed by atoms with Crippen molar-refractivity contribution >= 4 is 16.9 Å². The average molecular weight is 471 g/mol. The fourth-order valence-electron chi connectivity index (χ4n) is 4.03. The van der Waals surface area contributed by atoms with Crippen molar-refractivity contribution in [2.24, 2.45) is 0 Å². The Balaban J connectivity index is 1.28. The molecule has 5 rings (SSSR count). The van der Waals surface area contributed by atoms with E-state index in [0.29, 0.717) is 24.6 Å². The summed E-state index contributed by atoms with van der Waals surface area (Å²) in [6.45, 7) is 0.900. The zero-order valence-corrected chi connectivity index (χ0v) is 18.7.